The first kappa shape index (κ1) is 12.0. The van der Waals surface area contributed by atoms with Gasteiger partial charge in [-0.3, -0.25) is 4.79 Å². The fourth-order valence-corrected chi connectivity index (χ4v) is 2.03. The molecular weight excluding hydrogens is 214 g/mol. The Morgan fingerprint density at radius 2 is 1.88 bits per heavy atom. The summed E-state index contributed by atoms with van der Waals surface area (Å²) in [4.78, 5) is 14.1. The summed E-state index contributed by atoms with van der Waals surface area (Å²) in [6, 6.07) is 7.87. The Morgan fingerprint density at radius 3 is 2.41 bits per heavy atom. The van der Waals surface area contributed by atoms with Gasteiger partial charge in [-0.25, -0.2) is 0 Å². The summed E-state index contributed by atoms with van der Waals surface area (Å²) in [5, 5.41) is 0. The molecule has 0 aromatic heterocycles. The Bertz CT molecular complexity index is 409. The zero-order chi connectivity index (χ0) is 12.5. The van der Waals surface area contributed by atoms with Crippen molar-refractivity contribution in [1.29, 1.82) is 0 Å². The highest BCUT2D eigenvalue weighted by atomic mass is 16.5. The average molecular weight is 233 g/mol. The average Bonchev–Trinajstić information content (AvgIpc) is 2.33. The van der Waals surface area contributed by atoms with Crippen molar-refractivity contribution >= 4 is 11.5 Å². The van der Waals surface area contributed by atoms with E-state index >= 15 is 0 Å². The predicted molar refractivity (Wildman–Crippen MR) is 68.6 cm³/mol. The summed E-state index contributed by atoms with van der Waals surface area (Å²) < 4.78 is 5.13. The molecule has 0 N–H and O–H groups in total. The topological polar surface area (TPSA) is 29.5 Å². The molecule has 1 aliphatic rings. The van der Waals surface area contributed by atoms with Gasteiger partial charge >= 0.3 is 0 Å². The van der Waals surface area contributed by atoms with E-state index in [0.29, 0.717) is 12.3 Å². The van der Waals surface area contributed by atoms with Crippen molar-refractivity contribution in [3.63, 3.8) is 0 Å². The molecule has 2 rings (SSSR count). The molecule has 1 saturated heterocycles. The van der Waals surface area contributed by atoms with Gasteiger partial charge in [0.1, 0.15) is 5.75 Å². The van der Waals surface area contributed by atoms with E-state index in [-0.39, 0.29) is 5.41 Å². The Hall–Kier alpha value is -1.51. The molecule has 1 heterocycles. The van der Waals surface area contributed by atoms with Gasteiger partial charge in [0.2, 0.25) is 0 Å². The number of piperidine rings is 1. The number of ether oxygens (including phenoxy) is 1. The molecule has 1 fully saturated rings. The van der Waals surface area contributed by atoms with Crippen LogP contribution in [0.2, 0.25) is 0 Å². The Balaban J connectivity index is 2.11. The number of carbonyl (C=O) groups is 1. The van der Waals surface area contributed by atoms with Gasteiger partial charge in [-0.05, 0) is 30.7 Å². The maximum Gasteiger partial charge on any atom is 0.157 e. The highest BCUT2D eigenvalue weighted by molar-refractivity contribution is 5.89. The Kier molecular flexibility index (Phi) is 3.09. The van der Waals surface area contributed by atoms with Gasteiger partial charge in [0.15, 0.2) is 5.78 Å². The first-order valence-corrected chi connectivity index (χ1v) is 5.95. The molecule has 3 heteroatoms. The molecule has 1 aliphatic heterocycles. The maximum atomic E-state index is 12.0. The summed E-state index contributed by atoms with van der Waals surface area (Å²) in [6.45, 7) is 5.51. The van der Waals surface area contributed by atoms with Crippen molar-refractivity contribution in [3.05, 3.63) is 24.3 Å². The lowest BCUT2D eigenvalue weighted by atomic mass is 9.81. The van der Waals surface area contributed by atoms with Gasteiger partial charge in [-0.15, -0.1) is 0 Å². The van der Waals surface area contributed by atoms with Gasteiger partial charge in [-0.1, -0.05) is 13.8 Å². The number of benzene rings is 1. The number of Topliss-reactive ketones (excluding diaryl/α,β-unsaturated/α-hetero) is 1. The van der Waals surface area contributed by atoms with Gasteiger partial charge in [-0.2, -0.15) is 0 Å². The van der Waals surface area contributed by atoms with Crippen LogP contribution < -0.4 is 9.64 Å². The van der Waals surface area contributed by atoms with Gasteiger partial charge < -0.3 is 9.64 Å². The van der Waals surface area contributed by atoms with E-state index in [1.165, 1.54) is 0 Å². The monoisotopic (exact) mass is 233 g/mol. The first-order valence-electron chi connectivity index (χ1n) is 5.95. The first-order chi connectivity index (χ1) is 8.03. The molecule has 92 valence electrons. The van der Waals surface area contributed by atoms with Crippen LogP contribution in [0.1, 0.15) is 20.3 Å². The molecule has 1 aromatic rings. The van der Waals surface area contributed by atoms with Crippen molar-refractivity contribution in [3.8, 4) is 5.75 Å². The largest absolute Gasteiger partial charge is 0.497 e. The quantitative estimate of drug-likeness (QED) is 0.786. The Morgan fingerprint density at radius 1 is 1.24 bits per heavy atom. The van der Waals surface area contributed by atoms with Crippen LogP contribution in [-0.4, -0.2) is 26.0 Å². The molecule has 3 nitrogen and oxygen atoms in total. The molecule has 0 saturated carbocycles. The number of hydrogen-bond acceptors (Lipinski definition) is 3. The van der Waals surface area contributed by atoms with E-state index in [2.05, 4.69) is 4.90 Å². The second-order valence-corrected chi connectivity index (χ2v) is 5.18. The lowest BCUT2D eigenvalue weighted by Gasteiger charge is -2.36. The van der Waals surface area contributed by atoms with Gasteiger partial charge in [0.05, 0.1) is 13.7 Å². The number of carbonyl (C=O) groups excluding carboxylic acids is 1. The van der Waals surface area contributed by atoms with Crippen LogP contribution >= 0.6 is 0 Å². The molecule has 0 radical (unpaired) electrons. The van der Waals surface area contributed by atoms with E-state index in [1.54, 1.807) is 7.11 Å². The molecular formula is C14H19NO2. The van der Waals surface area contributed by atoms with Crippen molar-refractivity contribution in [2.45, 2.75) is 20.3 Å². The third kappa shape index (κ3) is 2.43. The highest BCUT2D eigenvalue weighted by Gasteiger charge is 2.33. The third-order valence-electron chi connectivity index (χ3n) is 3.53. The van der Waals surface area contributed by atoms with Crippen molar-refractivity contribution < 1.29 is 9.53 Å². The smallest absolute Gasteiger partial charge is 0.157 e. The minimum absolute atomic E-state index is 0.164. The second-order valence-electron chi connectivity index (χ2n) is 5.18. The number of rotatable bonds is 2. The summed E-state index contributed by atoms with van der Waals surface area (Å²) in [5.74, 6) is 1.16. The summed E-state index contributed by atoms with van der Waals surface area (Å²) in [5.41, 5.74) is 0.929. The van der Waals surface area contributed by atoms with Crippen LogP contribution in [0.15, 0.2) is 24.3 Å². The second kappa shape index (κ2) is 4.40. The number of ketones is 1. The number of methoxy groups -OCH3 is 1. The van der Waals surface area contributed by atoms with E-state index in [1.807, 2.05) is 38.1 Å². The van der Waals surface area contributed by atoms with Crippen LogP contribution in [-0.2, 0) is 4.79 Å². The van der Waals surface area contributed by atoms with Gasteiger partial charge in [0.25, 0.3) is 0 Å². The van der Waals surface area contributed by atoms with E-state index in [0.717, 1.165) is 24.4 Å². The van der Waals surface area contributed by atoms with Crippen molar-refractivity contribution in [2.75, 3.05) is 25.1 Å². The van der Waals surface area contributed by atoms with Gasteiger partial charge in [0, 0.05) is 17.6 Å². The molecule has 0 spiro atoms. The summed E-state index contributed by atoms with van der Waals surface area (Å²) in [6.07, 6.45) is 0.915. The molecule has 1 aromatic carbocycles. The lowest BCUT2D eigenvalue weighted by Crippen LogP contribution is -2.45. The van der Waals surface area contributed by atoms with Crippen LogP contribution in [0.4, 0.5) is 5.69 Å². The fourth-order valence-electron chi connectivity index (χ4n) is 2.03. The summed E-state index contributed by atoms with van der Waals surface area (Å²) >= 11 is 0. The molecule has 0 atom stereocenters. The minimum atomic E-state index is -0.164. The number of nitrogens with zero attached hydrogens (tertiary/aromatic N) is 1. The fraction of sp³-hybridized carbons (Fsp3) is 0.500. The molecule has 0 aliphatic carbocycles. The Labute approximate surface area is 102 Å². The van der Waals surface area contributed by atoms with E-state index in [9.17, 15) is 4.79 Å². The third-order valence-corrected chi connectivity index (χ3v) is 3.53. The molecule has 0 bridgehead atoms. The lowest BCUT2D eigenvalue weighted by molar-refractivity contribution is -0.127. The zero-order valence-electron chi connectivity index (χ0n) is 10.7. The van der Waals surface area contributed by atoms with Crippen LogP contribution in [0, 0.1) is 5.41 Å². The molecule has 0 unspecified atom stereocenters. The normalized spacial score (nSPS) is 19.2. The number of hydrogen-bond donors (Lipinski definition) is 0. The maximum absolute atomic E-state index is 12.0. The molecule has 17 heavy (non-hydrogen) atoms. The van der Waals surface area contributed by atoms with Crippen molar-refractivity contribution in [2.24, 2.45) is 5.41 Å². The minimum Gasteiger partial charge on any atom is -0.497 e. The van der Waals surface area contributed by atoms with E-state index < -0.39 is 0 Å². The van der Waals surface area contributed by atoms with Crippen molar-refractivity contribution in [1.82, 2.24) is 0 Å². The predicted octanol–water partition coefficient (Wildman–Crippen LogP) is 2.50. The summed E-state index contributed by atoms with van der Waals surface area (Å²) in [7, 11) is 1.65. The van der Waals surface area contributed by atoms with Crippen LogP contribution in [0.5, 0.6) is 5.75 Å². The SMILES string of the molecule is COc1ccc(N2CCC(C)(C)C(=O)C2)cc1. The van der Waals surface area contributed by atoms with E-state index in [4.69, 9.17) is 4.74 Å². The van der Waals surface area contributed by atoms with Crippen LogP contribution in [0.3, 0.4) is 0 Å². The highest BCUT2D eigenvalue weighted by Crippen LogP contribution is 2.30. The zero-order valence-corrected chi connectivity index (χ0v) is 10.7. The van der Waals surface area contributed by atoms with Crippen LogP contribution in [0.25, 0.3) is 0 Å². The molecule has 0 amide bonds. The standard InChI is InChI=1S/C14H19NO2/c1-14(2)8-9-15(10-13(14)16)11-4-6-12(17-3)7-5-11/h4-7H,8-10H2,1-3H3. The number of anilines is 1.